The summed E-state index contributed by atoms with van der Waals surface area (Å²) in [5.41, 5.74) is 0.732. The van der Waals surface area contributed by atoms with Crippen LogP contribution >= 0.6 is 0 Å². The van der Waals surface area contributed by atoms with Gasteiger partial charge in [0.2, 0.25) is 0 Å². The molecule has 0 saturated heterocycles. The van der Waals surface area contributed by atoms with Gasteiger partial charge in [0.05, 0.1) is 5.56 Å². The van der Waals surface area contributed by atoms with Crippen LogP contribution in [-0.4, -0.2) is 17.4 Å². The van der Waals surface area contributed by atoms with Gasteiger partial charge >= 0.3 is 0 Å². The Morgan fingerprint density at radius 3 is 2.43 bits per heavy atom. The second kappa shape index (κ2) is 6.97. The molecule has 2 nitrogen and oxygen atoms in total. The molecule has 0 heterocycles. The highest BCUT2D eigenvalue weighted by atomic mass is 19.2. The van der Waals surface area contributed by atoms with E-state index < -0.39 is 17.5 Å². The Balaban J connectivity index is 2.25. The number of amides is 1. The zero-order valence-electron chi connectivity index (χ0n) is 11.9. The van der Waals surface area contributed by atoms with Crippen molar-refractivity contribution >= 4 is 5.91 Å². The molecule has 0 spiro atoms. The van der Waals surface area contributed by atoms with Crippen molar-refractivity contribution in [3.63, 3.8) is 0 Å². The summed E-state index contributed by atoms with van der Waals surface area (Å²) in [6.07, 6.45) is 0.746. The van der Waals surface area contributed by atoms with E-state index in [2.05, 4.69) is 0 Å². The first-order valence-corrected chi connectivity index (χ1v) is 6.90. The molecule has 0 saturated carbocycles. The van der Waals surface area contributed by atoms with Crippen LogP contribution in [0, 0.1) is 11.6 Å². The molecule has 2 aromatic carbocycles. The van der Waals surface area contributed by atoms with Gasteiger partial charge in [-0.2, -0.15) is 0 Å². The maximum absolute atomic E-state index is 13.8. The van der Waals surface area contributed by atoms with Crippen molar-refractivity contribution in [2.75, 3.05) is 6.54 Å². The van der Waals surface area contributed by atoms with Gasteiger partial charge in [0.25, 0.3) is 5.91 Å². The standard InChI is InChI=1S/C17H17F2NO/c1-2-11-20(12-13-7-4-3-5-8-13)17(21)14-9-6-10-15(18)16(14)19/h3-10H,2,11-12H2,1H3. The minimum atomic E-state index is -1.09. The van der Waals surface area contributed by atoms with Gasteiger partial charge in [-0.15, -0.1) is 0 Å². The van der Waals surface area contributed by atoms with Crippen molar-refractivity contribution in [2.24, 2.45) is 0 Å². The van der Waals surface area contributed by atoms with Gasteiger partial charge < -0.3 is 4.90 Å². The van der Waals surface area contributed by atoms with Crippen molar-refractivity contribution in [1.82, 2.24) is 4.90 Å². The van der Waals surface area contributed by atoms with Gasteiger partial charge in [0.1, 0.15) is 0 Å². The molecular formula is C17H17F2NO. The maximum Gasteiger partial charge on any atom is 0.257 e. The summed E-state index contributed by atoms with van der Waals surface area (Å²) in [6, 6.07) is 13.1. The lowest BCUT2D eigenvalue weighted by Crippen LogP contribution is -2.32. The molecule has 0 aromatic heterocycles. The number of halogens is 2. The molecule has 0 aliphatic heterocycles. The van der Waals surface area contributed by atoms with Crippen LogP contribution in [0.15, 0.2) is 48.5 Å². The summed E-state index contributed by atoms with van der Waals surface area (Å²) in [4.78, 5) is 14.0. The van der Waals surface area contributed by atoms with Crippen LogP contribution in [0.2, 0.25) is 0 Å². The average molecular weight is 289 g/mol. The predicted octanol–water partition coefficient (Wildman–Crippen LogP) is 4.02. The second-order valence-electron chi connectivity index (χ2n) is 4.81. The number of nitrogens with zero attached hydrogens (tertiary/aromatic N) is 1. The molecule has 21 heavy (non-hydrogen) atoms. The molecule has 2 aromatic rings. The summed E-state index contributed by atoms with van der Waals surface area (Å²) in [7, 11) is 0. The minimum Gasteiger partial charge on any atom is -0.334 e. The lowest BCUT2D eigenvalue weighted by molar-refractivity contribution is 0.0737. The number of carbonyl (C=O) groups excluding carboxylic acids is 1. The van der Waals surface area contributed by atoms with E-state index in [-0.39, 0.29) is 5.56 Å². The van der Waals surface area contributed by atoms with Gasteiger partial charge in [0, 0.05) is 13.1 Å². The first kappa shape index (κ1) is 15.2. The van der Waals surface area contributed by atoms with Crippen LogP contribution < -0.4 is 0 Å². The first-order chi connectivity index (χ1) is 10.1. The van der Waals surface area contributed by atoms with Gasteiger partial charge in [-0.3, -0.25) is 4.79 Å². The smallest absolute Gasteiger partial charge is 0.257 e. The number of benzene rings is 2. The second-order valence-corrected chi connectivity index (χ2v) is 4.81. The van der Waals surface area contributed by atoms with E-state index in [1.807, 2.05) is 37.3 Å². The van der Waals surface area contributed by atoms with E-state index >= 15 is 0 Å². The molecule has 0 aliphatic rings. The van der Waals surface area contributed by atoms with E-state index in [4.69, 9.17) is 0 Å². The molecule has 0 bridgehead atoms. The monoisotopic (exact) mass is 289 g/mol. The van der Waals surface area contributed by atoms with Crippen molar-refractivity contribution in [2.45, 2.75) is 19.9 Å². The summed E-state index contributed by atoms with van der Waals surface area (Å²) in [5, 5.41) is 0. The molecule has 0 atom stereocenters. The minimum absolute atomic E-state index is 0.223. The lowest BCUT2D eigenvalue weighted by Gasteiger charge is -2.22. The molecule has 110 valence electrons. The molecule has 1 amide bonds. The molecule has 2 rings (SSSR count). The van der Waals surface area contributed by atoms with Gasteiger partial charge in [0.15, 0.2) is 11.6 Å². The Labute approximate surface area is 123 Å². The van der Waals surface area contributed by atoms with Gasteiger partial charge in [-0.25, -0.2) is 8.78 Å². The normalized spacial score (nSPS) is 10.4. The van der Waals surface area contributed by atoms with Gasteiger partial charge in [-0.1, -0.05) is 43.3 Å². The Morgan fingerprint density at radius 1 is 1.05 bits per heavy atom. The number of hydrogen-bond donors (Lipinski definition) is 0. The summed E-state index contributed by atoms with van der Waals surface area (Å²) >= 11 is 0. The third kappa shape index (κ3) is 3.66. The van der Waals surface area contributed by atoms with Crippen molar-refractivity contribution in [1.29, 1.82) is 0 Å². The number of rotatable bonds is 5. The maximum atomic E-state index is 13.8. The molecule has 4 heteroatoms. The Morgan fingerprint density at radius 2 is 1.76 bits per heavy atom. The van der Waals surface area contributed by atoms with Crippen molar-refractivity contribution in [3.05, 3.63) is 71.3 Å². The van der Waals surface area contributed by atoms with Gasteiger partial charge in [-0.05, 0) is 24.1 Å². The molecule has 0 fully saturated rings. The lowest BCUT2D eigenvalue weighted by atomic mass is 10.1. The van der Waals surface area contributed by atoms with Crippen molar-refractivity contribution in [3.8, 4) is 0 Å². The largest absolute Gasteiger partial charge is 0.334 e. The van der Waals surface area contributed by atoms with Crippen LogP contribution in [0.25, 0.3) is 0 Å². The van der Waals surface area contributed by atoms with E-state index in [1.54, 1.807) is 0 Å². The Hall–Kier alpha value is -2.23. The number of hydrogen-bond acceptors (Lipinski definition) is 1. The molecule has 0 unspecified atom stereocenters. The summed E-state index contributed by atoms with van der Waals surface area (Å²) < 4.78 is 27.0. The fourth-order valence-electron chi connectivity index (χ4n) is 2.17. The summed E-state index contributed by atoms with van der Waals surface area (Å²) in [6.45, 7) is 2.81. The molecule has 0 N–H and O–H groups in total. The topological polar surface area (TPSA) is 20.3 Å². The fourth-order valence-corrected chi connectivity index (χ4v) is 2.17. The van der Waals surface area contributed by atoms with Crippen molar-refractivity contribution < 1.29 is 13.6 Å². The van der Waals surface area contributed by atoms with Crippen LogP contribution in [0.4, 0.5) is 8.78 Å². The van der Waals surface area contributed by atoms with Crippen LogP contribution in [0.5, 0.6) is 0 Å². The van der Waals surface area contributed by atoms with Crippen LogP contribution in [-0.2, 0) is 6.54 Å². The zero-order chi connectivity index (χ0) is 15.2. The zero-order valence-corrected chi connectivity index (χ0v) is 11.9. The highest BCUT2D eigenvalue weighted by molar-refractivity contribution is 5.94. The van der Waals surface area contributed by atoms with Crippen LogP contribution in [0.3, 0.4) is 0 Å². The van der Waals surface area contributed by atoms with E-state index in [9.17, 15) is 13.6 Å². The highest BCUT2D eigenvalue weighted by Crippen LogP contribution is 2.16. The molecular weight excluding hydrogens is 272 g/mol. The third-order valence-corrected chi connectivity index (χ3v) is 3.18. The Bertz CT molecular complexity index is 613. The molecule has 0 radical (unpaired) electrons. The SMILES string of the molecule is CCCN(Cc1ccccc1)C(=O)c1cccc(F)c1F. The van der Waals surface area contributed by atoms with E-state index in [1.165, 1.54) is 17.0 Å². The predicted molar refractivity (Wildman–Crippen MR) is 77.8 cm³/mol. The summed E-state index contributed by atoms with van der Waals surface area (Å²) in [5.74, 6) is -2.58. The third-order valence-electron chi connectivity index (χ3n) is 3.18. The fraction of sp³-hybridized carbons (Fsp3) is 0.235. The first-order valence-electron chi connectivity index (χ1n) is 6.90. The van der Waals surface area contributed by atoms with E-state index in [0.717, 1.165) is 18.1 Å². The Kier molecular flexibility index (Phi) is 5.04. The van der Waals surface area contributed by atoms with Crippen LogP contribution in [0.1, 0.15) is 29.3 Å². The average Bonchev–Trinajstić information content (AvgIpc) is 2.50. The molecule has 0 aliphatic carbocycles. The highest BCUT2D eigenvalue weighted by Gasteiger charge is 2.20. The van der Waals surface area contributed by atoms with E-state index in [0.29, 0.717) is 13.1 Å². The quantitative estimate of drug-likeness (QED) is 0.814. The number of carbonyl (C=O) groups is 1.